The topological polar surface area (TPSA) is 51.5 Å². The zero-order chi connectivity index (χ0) is 15.7. The van der Waals surface area contributed by atoms with E-state index in [1.54, 1.807) is 12.1 Å². The van der Waals surface area contributed by atoms with Crippen molar-refractivity contribution in [3.05, 3.63) is 65.4 Å². The minimum atomic E-state index is -0.918. The third-order valence-corrected chi connectivity index (χ3v) is 3.79. The number of fused-ring (bicyclic) bond motifs is 1. The predicted octanol–water partition coefficient (Wildman–Crippen LogP) is 3.76. The molecule has 0 atom stereocenters. The van der Waals surface area contributed by atoms with E-state index in [2.05, 4.69) is 0 Å². The summed E-state index contributed by atoms with van der Waals surface area (Å²) in [6.45, 7) is 2.41. The van der Waals surface area contributed by atoms with Gasteiger partial charge in [-0.15, -0.1) is 0 Å². The molecule has 2 aromatic carbocycles. The first kappa shape index (κ1) is 14.2. The van der Waals surface area contributed by atoms with Crippen molar-refractivity contribution in [1.82, 2.24) is 4.57 Å². The number of carboxylic acid groups (broad SMARTS) is 1. The summed E-state index contributed by atoms with van der Waals surface area (Å²) in [5, 5.41) is 10.2. The number of hydrogen-bond donors (Lipinski definition) is 1. The molecule has 4 heteroatoms. The average Bonchev–Trinajstić information content (AvgIpc) is 2.83. The van der Waals surface area contributed by atoms with Crippen LogP contribution >= 0.6 is 0 Å². The van der Waals surface area contributed by atoms with Crippen LogP contribution in [0, 0.1) is 6.92 Å². The van der Waals surface area contributed by atoms with Crippen molar-refractivity contribution in [2.45, 2.75) is 13.5 Å². The smallest absolute Gasteiger partial charge is 0.337 e. The van der Waals surface area contributed by atoms with Crippen molar-refractivity contribution in [2.24, 2.45) is 7.05 Å². The van der Waals surface area contributed by atoms with Crippen LogP contribution in [0.4, 0.5) is 0 Å². The normalized spacial score (nSPS) is 10.8. The van der Waals surface area contributed by atoms with E-state index in [0.717, 1.165) is 27.8 Å². The Hall–Kier alpha value is -2.75. The maximum Gasteiger partial charge on any atom is 0.337 e. The summed E-state index contributed by atoms with van der Waals surface area (Å²) in [6, 6.07) is 13.2. The molecule has 0 aliphatic carbocycles. The van der Waals surface area contributed by atoms with E-state index in [-0.39, 0.29) is 0 Å². The van der Waals surface area contributed by atoms with Gasteiger partial charge >= 0.3 is 5.97 Å². The highest BCUT2D eigenvalue weighted by Gasteiger charge is 2.15. The maximum absolute atomic E-state index is 11.4. The van der Waals surface area contributed by atoms with Gasteiger partial charge in [-0.05, 0) is 24.6 Å². The van der Waals surface area contributed by atoms with Gasteiger partial charge in [-0.3, -0.25) is 0 Å². The van der Waals surface area contributed by atoms with Crippen molar-refractivity contribution in [2.75, 3.05) is 0 Å². The number of rotatable bonds is 4. The van der Waals surface area contributed by atoms with Gasteiger partial charge in [0, 0.05) is 24.2 Å². The SMILES string of the molecule is Cc1ccccc1OCc1cn(C)c2c(C(=O)O)cccc12. The highest BCUT2D eigenvalue weighted by atomic mass is 16.5. The van der Waals surface area contributed by atoms with Crippen molar-refractivity contribution in [3.8, 4) is 5.75 Å². The van der Waals surface area contributed by atoms with Gasteiger partial charge in [0.25, 0.3) is 0 Å². The molecular formula is C18H17NO3. The van der Waals surface area contributed by atoms with Gasteiger partial charge in [0.15, 0.2) is 0 Å². The summed E-state index contributed by atoms with van der Waals surface area (Å²) in [4.78, 5) is 11.4. The summed E-state index contributed by atoms with van der Waals surface area (Å²) >= 11 is 0. The van der Waals surface area contributed by atoms with Gasteiger partial charge < -0.3 is 14.4 Å². The molecular weight excluding hydrogens is 278 g/mol. The molecule has 0 aliphatic heterocycles. The van der Waals surface area contributed by atoms with Gasteiger partial charge in [0.2, 0.25) is 0 Å². The van der Waals surface area contributed by atoms with Gasteiger partial charge in [-0.2, -0.15) is 0 Å². The van der Waals surface area contributed by atoms with E-state index >= 15 is 0 Å². The average molecular weight is 295 g/mol. The molecule has 0 unspecified atom stereocenters. The number of para-hydroxylation sites is 2. The third kappa shape index (κ3) is 2.44. The Bertz CT molecular complexity index is 849. The van der Waals surface area contributed by atoms with Crippen LogP contribution in [0.1, 0.15) is 21.5 Å². The van der Waals surface area contributed by atoms with E-state index in [9.17, 15) is 9.90 Å². The molecule has 0 aliphatic rings. The first-order valence-electron chi connectivity index (χ1n) is 7.06. The van der Waals surface area contributed by atoms with Crippen molar-refractivity contribution < 1.29 is 14.6 Å². The summed E-state index contributed by atoms with van der Waals surface area (Å²) in [5.74, 6) is -0.0768. The second kappa shape index (κ2) is 5.56. The lowest BCUT2D eigenvalue weighted by atomic mass is 10.1. The monoisotopic (exact) mass is 295 g/mol. The highest BCUT2D eigenvalue weighted by molar-refractivity contribution is 6.03. The summed E-state index contributed by atoms with van der Waals surface area (Å²) in [7, 11) is 1.85. The molecule has 22 heavy (non-hydrogen) atoms. The van der Waals surface area contributed by atoms with Crippen LogP contribution in [0.2, 0.25) is 0 Å². The molecule has 0 spiro atoms. The van der Waals surface area contributed by atoms with Crippen molar-refractivity contribution in [3.63, 3.8) is 0 Å². The Morgan fingerprint density at radius 2 is 1.95 bits per heavy atom. The fourth-order valence-electron chi connectivity index (χ4n) is 2.71. The standard InChI is InChI=1S/C18H17NO3/c1-12-6-3-4-9-16(12)22-11-13-10-19(2)17-14(13)7-5-8-15(17)18(20)21/h3-10H,11H2,1-2H3,(H,20,21). The molecule has 0 saturated heterocycles. The zero-order valence-corrected chi connectivity index (χ0v) is 12.5. The lowest BCUT2D eigenvalue weighted by Gasteiger charge is -2.08. The molecule has 4 nitrogen and oxygen atoms in total. The van der Waals surface area contributed by atoms with Crippen molar-refractivity contribution in [1.29, 1.82) is 0 Å². The number of hydrogen-bond acceptors (Lipinski definition) is 2. The predicted molar refractivity (Wildman–Crippen MR) is 85.4 cm³/mol. The van der Waals surface area contributed by atoms with Crippen LogP contribution in [-0.4, -0.2) is 15.6 Å². The molecule has 1 aromatic heterocycles. The Morgan fingerprint density at radius 3 is 2.68 bits per heavy atom. The van der Waals surface area contributed by atoms with Crippen LogP contribution in [0.3, 0.4) is 0 Å². The molecule has 3 aromatic rings. The number of carboxylic acids is 1. The largest absolute Gasteiger partial charge is 0.489 e. The van der Waals surface area contributed by atoms with E-state index in [1.807, 2.05) is 55.1 Å². The molecule has 0 radical (unpaired) electrons. The lowest BCUT2D eigenvalue weighted by Crippen LogP contribution is -1.99. The lowest BCUT2D eigenvalue weighted by molar-refractivity contribution is 0.0698. The number of nitrogens with zero attached hydrogens (tertiary/aromatic N) is 1. The van der Waals surface area contributed by atoms with Crippen LogP contribution in [0.25, 0.3) is 10.9 Å². The number of aromatic nitrogens is 1. The van der Waals surface area contributed by atoms with Crippen LogP contribution in [0.15, 0.2) is 48.7 Å². The van der Waals surface area contributed by atoms with Gasteiger partial charge in [0.1, 0.15) is 12.4 Å². The fourth-order valence-corrected chi connectivity index (χ4v) is 2.71. The fraction of sp³-hybridized carbons (Fsp3) is 0.167. The van der Waals surface area contributed by atoms with E-state index in [1.165, 1.54) is 0 Å². The Labute approximate surface area is 128 Å². The molecule has 0 saturated carbocycles. The third-order valence-electron chi connectivity index (χ3n) is 3.79. The van der Waals surface area contributed by atoms with Crippen LogP contribution in [-0.2, 0) is 13.7 Å². The Balaban J connectivity index is 1.97. The Kier molecular flexibility index (Phi) is 3.59. The van der Waals surface area contributed by atoms with Gasteiger partial charge in [0.05, 0.1) is 11.1 Å². The molecule has 112 valence electrons. The van der Waals surface area contributed by atoms with Crippen LogP contribution < -0.4 is 4.74 Å². The van der Waals surface area contributed by atoms with Gasteiger partial charge in [-0.25, -0.2) is 4.79 Å². The van der Waals surface area contributed by atoms with Gasteiger partial charge in [-0.1, -0.05) is 30.3 Å². The molecule has 1 heterocycles. The number of ether oxygens (including phenoxy) is 1. The molecule has 0 amide bonds. The second-order valence-electron chi connectivity index (χ2n) is 5.33. The van der Waals surface area contributed by atoms with Crippen molar-refractivity contribution >= 4 is 16.9 Å². The Morgan fingerprint density at radius 1 is 1.18 bits per heavy atom. The quantitative estimate of drug-likeness (QED) is 0.797. The zero-order valence-electron chi connectivity index (χ0n) is 12.5. The van der Waals surface area contributed by atoms with E-state index in [4.69, 9.17) is 4.74 Å². The summed E-state index contributed by atoms with van der Waals surface area (Å²) in [5.41, 5.74) is 3.08. The minimum absolute atomic E-state index is 0.308. The number of benzene rings is 2. The molecule has 1 N–H and O–H groups in total. The number of aromatic carboxylic acids is 1. The first-order valence-corrected chi connectivity index (χ1v) is 7.06. The minimum Gasteiger partial charge on any atom is -0.489 e. The van der Waals surface area contributed by atoms with E-state index < -0.39 is 5.97 Å². The molecule has 0 bridgehead atoms. The highest BCUT2D eigenvalue weighted by Crippen LogP contribution is 2.26. The molecule has 0 fully saturated rings. The summed E-state index contributed by atoms with van der Waals surface area (Å²) in [6.07, 6.45) is 1.93. The maximum atomic E-state index is 11.4. The van der Waals surface area contributed by atoms with E-state index in [0.29, 0.717) is 12.2 Å². The first-order chi connectivity index (χ1) is 10.6. The summed E-state index contributed by atoms with van der Waals surface area (Å²) < 4.78 is 7.73. The number of carbonyl (C=O) groups is 1. The molecule has 3 rings (SSSR count). The number of aryl methyl sites for hydroxylation is 2. The second-order valence-corrected chi connectivity index (χ2v) is 5.33. The van der Waals surface area contributed by atoms with Crippen LogP contribution in [0.5, 0.6) is 5.75 Å².